The Morgan fingerprint density at radius 1 is 1.12 bits per heavy atom. The number of nitrogens with zero attached hydrogens (tertiary/aromatic N) is 1. The van der Waals surface area contributed by atoms with Crippen molar-refractivity contribution in [2.75, 3.05) is 18.4 Å². The number of amides is 2. The Morgan fingerprint density at radius 3 is 2.62 bits per heavy atom. The van der Waals surface area contributed by atoms with Crippen LogP contribution in [0.3, 0.4) is 0 Å². The molecule has 136 valence electrons. The molecule has 1 heterocycles. The van der Waals surface area contributed by atoms with Crippen molar-refractivity contribution < 1.29 is 9.59 Å². The summed E-state index contributed by atoms with van der Waals surface area (Å²) in [6.45, 7) is 3.13. The molecule has 1 saturated heterocycles. The van der Waals surface area contributed by atoms with E-state index in [1.54, 1.807) is 18.2 Å². The number of aryl methyl sites for hydroxylation is 1. The van der Waals surface area contributed by atoms with Gasteiger partial charge in [-0.2, -0.15) is 0 Å². The van der Waals surface area contributed by atoms with Crippen molar-refractivity contribution in [1.82, 2.24) is 4.90 Å². The summed E-state index contributed by atoms with van der Waals surface area (Å²) in [5.74, 6) is -0.202. The summed E-state index contributed by atoms with van der Waals surface area (Å²) in [6.07, 6.45) is 3.06. The average Bonchev–Trinajstić information content (AvgIpc) is 2.69. The number of carbonyl (C=O) groups excluding carboxylic acids is 2. The molecule has 0 saturated carbocycles. The highest BCUT2D eigenvalue weighted by atomic mass is 16.2. The molecule has 1 aliphatic heterocycles. The Hall–Kier alpha value is -2.66. The van der Waals surface area contributed by atoms with Crippen molar-refractivity contribution in [2.24, 2.45) is 5.73 Å². The largest absolute Gasteiger partial charge is 0.334 e. The van der Waals surface area contributed by atoms with Gasteiger partial charge in [-0.15, -0.1) is 0 Å². The molecule has 26 heavy (non-hydrogen) atoms. The standard InChI is InChI=1S/C21H25N3O2/c1-15-10-11-17(21(26)24-12-6-5-9-18(24)14-22)13-19(15)23-20(25)16-7-3-2-4-8-16/h2-4,7-8,10-11,13,18H,5-6,9,12,14,22H2,1H3,(H,23,25). The van der Waals surface area contributed by atoms with E-state index in [9.17, 15) is 9.59 Å². The highest BCUT2D eigenvalue weighted by Gasteiger charge is 2.26. The monoisotopic (exact) mass is 351 g/mol. The maximum absolute atomic E-state index is 12.9. The summed E-state index contributed by atoms with van der Waals surface area (Å²) in [6, 6.07) is 14.6. The van der Waals surface area contributed by atoms with Crippen LogP contribution >= 0.6 is 0 Å². The average molecular weight is 351 g/mol. The molecule has 0 aliphatic carbocycles. The number of anilines is 1. The first-order valence-corrected chi connectivity index (χ1v) is 9.08. The van der Waals surface area contributed by atoms with Crippen molar-refractivity contribution in [3.05, 3.63) is 65.2 Å². The second-order valence-corrected chi connectivity index (χ2v) is 6.73. The number of hydrogen-bond acceptors (Lipinski definition) is 3. The molecular weight excluding hydrogens is 326 g/mol. The SMILES string of the molecule is Cc1ccc(C(=O)N2CCCCC2CN)cc1NC(=O)c1ccccc1. The van der Waals surface area contributed by atoms with Crippen LogP contribution < -0.4 is 11.1 Å². The van der Waals surface area contributed by atoms with E-state index in [-0.39, 0.29) is 17.9 Å². The van der Waals surface area contributed by atoms with Gasteiger partial charge in [-0.25, -0.2) is 0 Å². The molecule has 1 atom stereocenters. The van der Waals surface area contributed by atoms with Crippen molar-refractivity contribution in [3.63, 3.8) is 0 Å². The smallest absolute Gasteiger partial charge is 0.255 e. The fourth-order valence-electron chi connectivity index (χ4n) is 3.35. The molecule has 0 bridgehead atoms. The lowest BCUT2D eigenvalue weighted by molar-refractivity contribution is 0.0623. The summed E-state index contributed by atoms with van der Waals surface area (Å²) >= 11 is 0. The molecule has 3 N–H and O–H groups in total. The molecule has 0 spiro atoms. The van der Waals surface area contributed by atoms with Crippen molar-refractivity contribution in [2.45, 2.75) is 32.2 Å². The van der Waals surface area contributed by atoms with Gasteiger partial charge >= 0.3 is 0 Å². The molecule has 1 fully saturated rings. The first-order valence-electron chi connectivity index (χ1n) is 9.08. The van der Waals surface area contributed by atoms with E-state index < -0.39 is 0 Å². The zero-order valence-electron chi connectivity index (χ0n) is 15.1. The van der Waals surface area contributed by atoms with Gasteiger partial charge in [0.15, 0.2) is 0 Å². The number of rotatable bonds is 4. The predicted molar refractivity (Wildman–Crippen MR) is 103 cm³/mol. The third kappa shape index (κ3) is 3.94. The molecule has 3 rings (SSSR count). The second kappa shape index (κ2) is 8.15. The summed E-state index contributed by atoms with van der Waals surface area (Å²) < 4.78 is 0. The van der Waals surface area contributed by atoms with E-state index in [1.165, 1.54) is 0 Å². The molecule has 1 aliphatic rings. The Balaban J connectivity index is 1.81. The second-order valence-electron chi connectivity index (χ2n) is 6.73. The van der Waals surface area contributed by atoms with Gasteiger partial charge in [0, 0.05) is 35.9 Å². The number of likely N-dealkylation sites (tertiary alicyclic amines) is 1. The van der Waals surface area contributed by atoms with Gasteiger partial charge in [0.25, 0.3) is 11.8 Å². The first kappa shape index (κ1) is 18.1. The molecule has 5 heteroatoms. The molecule has 0 aromatic heterocycles. The summed E-state index contributed by atoms with van der Waals surface area (Å²) in [4.78, 5) is 27.2. The minimum absolute atomic E-state index is 0.0182. The van der Waals surface area contributed by atoms with Gasteiger partial charge in [-0.05, 0) is 56.0 Å². The lowest BCUT2D eigenvalue weighted by atomic mass is 10.00. The van der Waals surface area contributed by atoms with Gasteiger partial charge in [0.2, 0.25) is 0 Å². The lowest BCUT2D eigenvalue weighted by Gasteiger charge is -2.35. The van der Waals surface area contributed by atoms with Crippen molar-refractivity contribution >= 4 is 17.5 Å². The van der Waals surface area contributed by atoms with Gasteiger partial charge in [-0.3, -0.25) is 9.59 Å². The fourth-order valence-corrected chi connectivity index (χ4v) is 3.35. The van der Waals surface area contributed by atoms with Crippen LogP contribution in [0.5, 0.6) is 0 Å². The highest BCUT2D eigenvalue weighted by Crippen LogP contribution is 2.23. The fraction of sp³-hybridized carbons (Fsp3) is 0.333. The third-order valence-electron chi connectivity index (χ3n) is 4.93. The Kier molecular flexibility index (Phi) is 5.68. The first-order chi connectivity index (χ1) is 12.6. The zero-order valence-corrected chi connectivity index (χ0v) is 15.1. The van der Waals surface area contributed by atoms with E-state index in [1.807, 2.05) is 42.2 Å². The third-order valence-corrected chi connectivity index (χ3v) is 4.93. The van der Waals surface area contributed by atoms with Crippen LogP contribution in [0.25, 0.3) is 0 Å². The van der Waals surface area contributed by atoms with E-state index in [2.05, 4.69) is 5.32 Å². The van der Waals surface area contributed by atoms with Crippen molar-refractivity contribution in [1.29, 1.82) is 0 Å². The maximum atomic E-state index is 12.9. The van der Waals surface area contributed by atoms with Crippen LogP contribution in [0.2, 0.25) is 0 Å². The van der Waals surface area contributed by atoms with Gasteiger partial charge in [0.05, 0.1) is 0 Å². The molecule has 0 radical (unpaired) electrons. The molecule has 2 aromatic rings. The maximum Gasteiger partial charge on any atom is 0.255 e. The van der Waals surface area contributed by atoms with Gasteiger partial charge in [0.1, 0.15) is 0 Å². The minimum Gasteiger partial charge on any atom is -0.334 e. The molecule has 2 amide bonds. The van der Waals surface area contributed by atoms with Crippen molar-refractivity contribution in [3.8, 4) is 0 Å². The number of hydrogen-bond donors (Lipinski definition) is 2. The molecule has 5 nitrogen and oxygen atoms in total. The summed E-state index contributed by atoms with van der Waals surface area (Å²) in [7, 11) is 0. The van der Waals surface area contributed by atoms with Crippen LogP contribution in [0.1, 0.15) is 45.5 Å². The van der Waals surface area contributed by atoms with Gasteiger partial charge in [-0.1, -0.05) is 24.3 Å². The predicted octanol–water partition coefficient (Wildman–Crippen LogP) is 3.20. The Labute approximate surface area is 154 Å². The topological polar surface area (TPSA) is 75.4 Å². The number of carbonyl (C=O) groups is 2. The molecule has 1 unspecified atom stereocenters. The number of benzene rings is 2. The number of nitrogens with two attached hydrogens (primary N) is 1. The zero-order chi connectivity index (χ0) is 18.5. The van der Waals surface area contributed by atoms with E-state index >= 15 is 0 Å². The van der Waals surface area contributed by atoms with Crippen LogP contribution in [0, 0.1) is 6.92 Å². The van der Waals surface area contributed by atoms with E-state index in [0.717, 1.165) is 31.4 Å². The van der Waals surface area contributed by atoms with E-state index in [0.29, 0.717) is 23.4 Å². The number of nitrogens with one attached hydrogen (secondary N) is 1. The minimum atomic E-state index is -0.184. The normalized spacial score (nSPS) is 17.0. The summed E-state index contributed by atoms with van der Waals surface area (Å²) in [5, 5.41) is 2.92. The quantitative estimate of drug-likeness (QED) is 0.888. The molecule has 2 aromatic carbocycles. The van der Waals surface area contributed by atoms with E-state index in [4.69, 9.17) is 5.73 Å². The summed E-state index contributed by atoms with van der Waals surface area (Å²) in [5.41, 5.74) is 8.59. The highest BCUT2D eigenvalue weighted by molar-refractivity contribution is 6.05. The van der Waals surface area contributed by atoms with Crippen LogP contribution in [0.4, 0.5) is 5.69 Å². The van der Waals surface area contributed by atoms with Gasteiger partial charge < -0.3 is 16.0 Å². The van der Waals surface area contributed by atoms with Crippen LogP contribution in [0.15, 0.2) is 48.5 Å². The van der Waals surface area contributed by atoms with Crippen LogP contribution in [-0.4, -0.2) is 35.8 Å². The number of piperidine rings is 1. The lowest BCUT2D eigenvalue weighted by Crippen LogP contribution is -2.47. The van der Waals surface area contributed by atoms with Crippen LogP contribution in [-0.2, 0) is 0 Å². The molecular formula is C21H25N3O2. The Bertz CT molecular complexity index is 789. The Morgan fingerprint density at radius 2 is 1.88 bits per heavy atom.